The van der Waals surface area contributed by atoms with Gasteiger partial charge < -0.3 is 30.3 Å². The number of hydrogen-bond donors (Lipinski definition) is 4. The van der Waals surface area contributed by atoms with Crippen molar-refractivity contribution in [2.75, 3.05) is 12.3 Å². The highest BCUT2D eigenvalue weighted by molar-refractivity contribution is 5.63. The number of aromatic nitrogens is 4. The predicted octanol–water partition coefficient (Wildman–Crippen LogP) is -1.31. The molecule has 22 heavy (non-hydrogen) atoms. The summed E-state index contributed by atoms with van der Waals surface area (Å²) in [5.41, 5.74) is 6.30. The van der Waals surface area contributed by atoms with E-state index in [9.17, 15) is 10.2 Å². The van der Waals surface area contributed by atoms with Gasteiger partial charge in [-0.25, -0.2) is 4.98 Å². The molecule has 3 rings (SSSR count). The minimum Gasteiger partial charge on any atom is -0.394 e. The van der Waals surface area contributed by atoms with E-state index in [1.807, 2.05) is 6.92 Å². The Labute approximate surface area is 125 Å². The molecule has 3 heterocycles. The van der Waals surface area contributed by atoms with Crippen molar-refractivity contribution >= 4 is 5.82 Å². The minimum absolute atomic E-state index is 0.165. The summed E-state index contributed by atoms with van der Waals surface area (Å²) in [6.07, 6.45) is -2.35. The molecule has 0 spiro atoms. The maximum atomic E-state index is 10.0. The van der Waals surface area contributed by atoms with Crippen molar-refractivity contribution in [1.82, 2.24) is 19.7 Å². The van der Waals surface area contributed by atoms with Crippen molar-refractivity contribution in [2.24, 2.45) is 0 Å². The first kappa shape index (κ1) is 14.9. The molecular formula is C12H17N5O5. The lowest BCUT2D eigenvalue weighted by Crippen LogP contribution is -2.33. The molecular weight excluding hydrogens is 294 g/mol. The van der Waals surface area contributed by atoms with Crippen LogP contribution >= 0.6 is 0 Å². The molecule has 2 aromatic heterocycles. The number of rotatable bonds is 4. The van der Waals surface area contributed by atoms with Gasteiger partial charge >= 0.3 is 0 Å². The van der Waals surface area contributed by atoms with Gasteiger partial charge in [0.1, 0.15) is 24.1 Å². The quantitative estimate of drug-likeness (QED) is 0.539. The molecule has 5 N–H and O–H groups in total. The summed E-state index contributed by atoms with van der Waals surface area (Å²) in [5.74, 6) is 0.856. The average Bonchev–Trinajstić information content (AvgIpc) is 3.19. The summed E-state index contributed by atoms with van der Waals surface area (Å²) in [6.45, 7) is 1.46. The first-order valence-electron chi connectivity index (χ1n) is 6.84. The van der Waals surface area contributed by atoms with Gasteiger partial charge in [0, 0.05) is 6.42 Å². The van der Waals surface area contributed by atoms with Crippen LogP contribution in [-0.2, 0) is 11.2 Å². The number of imidazole rings is 1. The number of ether oxygens (including phenoxy) is 1. The summed E-state index contributed by atoms with van der Waals surface area (Å²) < 4.78 is 11.8. The van der Waals surface area contributed by atoms with E-state index >= 15 is 0 Å². The summed E-state index contributed by atoms with van der Waals surface area (Å²) in [5, 5.41) is 32.7. The molecule has 1 aliphatic heterocycles. The van der Waals surface area contributed by atoms with E-state index in [1.54, 1.807) is 0 Å². The van der Waals surface area contributed by atoms with E-state index in [4.69, 9.17) is 20.1 Å². The summed E-state index contributed by atoms with van der Waals surface area (Å²) >= 11 is 0. The standard InChI is InChI=1S/C12H17N5O5/c1-2-6-15-11(16-22-6)7-10(13)17(4-14-7)12-9(20)8(19)5(3-18)21-12/h4-5,8-9,12,18-20H,2-3,13H2,1H3/t5-,8-,9-,12-/m1/s1. The van der Waals surface area contributed by atoms with Gasteiger partial charge in [0.15, 0.2) is 11.9 Å². The second kappa shape index (κ2) is 5.65. The molecule has 0 bridgehead atoms. The highest BCUT2D eigenvalue weighted by Crippen LogP contribution is 2.33. The zero-order chi connectivity index (χ0) is 15.9. The zero-order valence-electron chi connectivity index (χ0n) is 11.8. The molecule has 0 unspecified atom stereocenters. The molecule has 0 amide bonds. The highest BCUT2D eigenvalue weighted by atomic mass is 16.6. The predicted molar refractivity (Wildman–Crippen MR) is 72.3 cm³/mol. The lowest BCUT2D eigenvalue weighted by atomic mass is 10.1. The van der Waals surface area contributed by atoms with Gasteiger partial charge in [-0.15, -0.1) is 0 Å². The Morgan fingerprint density at radius 2 is 2.14 bits per heavy atom. The molecule has 0 saturated carbocycles. The highest BCUT2D eigenvalue weighted by Gasteiger charge is 2.44. The molecule has 1 saturated heterocycles. The number of nitrogens with zero attached hydrogens (tertiary/aromatic N) is 4. The van der Waals surface area contributed by atoms with Crippen LogP contribution in [0, 0.1) is 0 Å². The first-order valence-corrected chi connectivity index (χ1v) is 6.84. The molecule has 0 aromatic carbocycles. The fourth-order valence-electron chi connectivity index (χ4n) is 2.35. The summed E-state index contributed by atoms with van der Waals surface area (Å²) in [7, 11) is 0. The minimum atomic E-state index is -1.24. The third-order valence-corrected chi connectivity index (χ3v) is 3.61. The third-order valence-electron chi connectivity index (χ3n) is 3.61. The Balaban J connectivity index is 1.90. The lowest BCUT2D eigenvalue weighted by molar-refractivity contribution is -0.0517. The number of aliphatic hydroxyl groups is 3. The van der Waals surface area contributed by atoms with E-state index in [0.29, 0.717) is 18.0 Å². The molecule has 120 valence electrons. The van der Waals surface area contributed by atoms with E-state index in [2.05, 4.69) is 15.1 Å². The van der Waals surface area contributed by atoms with E-state index in [-0.39, 0.29) is 11.6 Å². The monoisotopic (exact) mass is 311 g/mol. The lowest BCUT2D eigenvalue weighted by Gasteiger charge is -2.17. The van der Waals surface area contributed by atoms with Gasteiger partial charge in [-0.3, -0.25) is 4.57 Å². The van der Waals surface area contributed by atoms with Crippen LogP contribution in [0.3, 0.4) is 0 Å². The van der Waals surface area contributed by atoms with Crippen LogP contribution in [0.15, 0.2) is 10.9 Å². The topological polar surface area (TPSA) is 153 Å². The fraction of sp³-hybridized carbons (Fsp3) is 0.583. The van der Waals surface area contributed by atoms with Crippen LogP contribution in [0.5, 0.6) is 0 Å². The van der Waals surface area contributed by atoms with Gasteiger partial charge in [-0.1, -0.05) is 12.1 Å². The van der Waals surface area contributed by atoms with Crippen molar-refractivity contribution in [2.45, 2.75) is 37.9 Å². The number of hydrogen-bond acceptors (Lipinski definition) is 9. The van der Waals surface area contributed by atoms with Gasteiger partial charge in [0.05, 0.1) is 12.9 Å². The Morgan fingerprint density at radius 3 is 2.73 bits per heavy atom. The van der Waals surface area contributed by atoms with Gasteiger partial charge in [0.25, 0.3) is 0 Å². The zero-order valence-corrected chi connectivity index (χ0v) is 11.8. The molecule has 1 aliphatic rings. The van der Waals surface area contributed by atoms with E-state index in [1.165, 1.54) is 10.9 Å². The van der Waals surface area contributed by atoms with Crippen LogP contribution in [0.2, 0.25) is 0 Å². The second-order valence-corrected chi connectivity index (χ2v) is 4.98. The van der Waals surface area contributed by atoms with Crippen molar-refractivity contribution in [3.05, 3.63) is 12.2 Å². The molecule has 2 aromatic rings. The smallest absolute Gasteiger partial charge is 0.226 e. The average molecular weight is 311 g/mol. The molecule has 10 heteroatoms. The van der Waals surface area contributed by atoms with E-state index < -0.39 is 31.1 Å². The Kier molecular flexibility index (Phi) is 3.83. The Hall–Kier alpha value is -2.01. The van der Waals surface area contributed by atoms with Gasteiger partial charge in [0.2, 0.25) is 11.7 Å². The normalized spacial score (nSPS) is 28.4. The van der Waals surface area contributed by atoms with Crippen LogP contribution in [0.1, 0.15) is 19.0 Å². The van der Waals surface area contributed by atoms with Gasteiger partial charge in [-0.05, 0) is 0 Å². The van der Waals surface area contributed by atoms with Crippen molar-refractivity contribution in [3.63, 3.8) is 0 Å². The third kappa shape index (κ3) is 2.25. The number of nitrogen functional groups attached to an aromatic ring is 1. The summed E-state index contributed by atoms with van der Waals surface area (Å²) in [4.78, 5) is 8.24. The number of aliphatic hydroxyl groups excluding tert-OH is 3. The number of aryl methyl sites for hydroxylation is 1. The molecule has 1 fully saturated rings. The van der Waals surface area contributed by atoms with Crippen molar-refractivity contribution < 1.29 is 24.6 Å². The fourth-order valence-corrected chi connectivity index (χ4v) is 2.35. The number of nitrogens with two attached hydrogens (primary N) is 1. The maximum absolute atomic E-state index is 10.0. The molecule has 10 nitrogen and oxygen atoms in total. The molecule has 0 aliphatic carbocycles. The van der Waals surface area contributed by atoms with Crippen molar-refractivity contribution in [1.29, 1.82) is 0 Å². The van der Waals surface area contributed by atoms with Crippen molar-refractivity contribution in [3.8, 4) is 11.5 Å². The maximum Gasteiger partial charge on any atom is 0.226 e. The van der Waals surface area contributed by atoms with Gasteiger partial charge in [-0.2, -0.15) is 4.98 Å². The Bertz CT molecular complexity index is 656. The second-order valence-electron chi connectivity index (χ2n) is 4.98. The van der Waals surface area contributed by atoms with Crippen LogP contribution in [-0.4, -0.2) is 59.9 Å². The number of anilines is 1. The Morgan fingerprint density at radius 1 is 1.36 bits per heavy atom. The van der Waals surface area contributed by atoms with Crippen LogP contribution in [0.25, 0.3) is 11.5 Å². The summed E-state index contributed by atoms with van der Waals surface area (Å²) in [6, 6.07) is 0. The molecule has 4 atom stereocenters. The SMILES string of the molecule is CCc1nc(-c2ncn([C@@H]3O[C@H](CO)[C@@H](O)[C@H]3O)c2N)no1. The van der Waals surface area contributed by atoms with E-state index in [0.717, 1.165) is 0 Å². The van der Waals surface area contributed by atoms with Crippen LogP contribution < -0.4 is 5.73 Å². The molecule has 0 radical (unpaired) electrons. The largest absolute Gasteiger partial charge is 0.394 e. The first-order chi connectivity index (χ1) is 10.6. The van der Waals surface area contributed by atoms with Crippen LogP contribution in [0.4, 0.5) is 5.82 Å².